The number of carbonyl (C=O) groups excluding carboxylic acids is 2. The number of benzene rings is 2. The minimum absolute atomic E-state index is 0.0304. The van der Waals surface area contributed by atoms with Crippen molar-refractivity contribution in [2.75, 3.05) is 44.6 Å². The van der Waals surface area contributed by atoms with E-state index in [4.69, 9.17) is 5.26 Å². The minimum Gasteiger partial charge on any atom is -0.351 e. The van der Waals surface area contributed by atoms with Gasteiger partial charge >= 0.3 is 0 Å². The molecule has 0 saturated carbocycles. The highest BCUT2D eigenvalue weighted by Gasteiger charge is 2.19. The molecule has 0 unspecified atom stereocenters. The molecule has 2 aromatic carbocycles. The Labute approximate surface area is 177 Å². The highest BCUT2D eigenvalue weighted by atomic mass is 16.2. The molecule has 156 valence electrons. The van der Waals surface area contributed by atoms with Gasteiger partial charge in [-0.25, -0.2) is 0 Å². The van der Waals surface area contributed by atoms with E-state index in [9.17, 15) is 9.59 Å². The summed E-state index contributed by atoms with van der Waals surface area (Å²) in [7, 11) is 0. The van der Waals surface area contributed by atoms with Crippen LogP contribution in [-0.2, 0) is 16.1 Å². The van der Waals surface area contributed by atoms with Crippen molar-refractivity contribution in [2.45, 2.75) is 13.0 Å². The fourth-order valence-electron chi connectivity index (χ4n) is 3.39. The van der Waals surface area contributed by atoms with Gasteiger partial charge in [0.25, 0.3) is 0 Å². The predicted molar refractivity (Wildman–Crippen MR) is 116 cm³/mol. The zero-order valence-electron chi connectivity index (χ0n) is 17.0. The van der Waals surface area contributed by atoms with Crippen molar-refractivity contribution in [2.24, 2.45) is 0 Å². The number of nitriles is 1. The van der Waals surface area contributed by atoms with Crippen LogP contribution in [0.25, 0.3) is 0 Å². The maximum Gasteiger partial charge on any atom is 0.234 e. The number of nitrogens with one attached hydrogen (secondary N) is 2. The average Bonchev–Trinajstić information content (AvgIpc) is 2.78. The zero-order valence-corrected chi connectivity index (χ0v) is 17.0. The molecule has 0 radical (unpaired) electrons. The molecule has 0 aliphatic carbocycles. The van der Waals surface area contributed by atoms with E-state index in [1.165, 1.54) is 0 Å². The molecule has 0 atom stereocenters. The molecule has 30 heavy (non-hydrogen) atoms. The summed E-state index contributed by atoms with van der Waals surface area (Å²) < 4.78 is 0. The fourth-order valence-corrected chi connectivity index (χ4v) is 3.39. The van der Waals surface area contributed by atoms with Crippen LogP contribution in [0.5, 0.6) is 0 Å². The van der Waals surface area contributed by atoms with E-state index in [1.54, 1.807) is 24.3 Å². The number of hydrogen-bond donors (Lipinski definition) is 2. The first-order valence-electron chi connectivity index (χ1n) is 10.2. The Hall–Kier alpha value is -3.21. The van der Waals surface area contributed by atoms with Gasteiger partial charge in [-0.1, -0.05) is 42.5 Å². The van der Waals surface area contributed by atoms with Gasteiger partial charge in [-0.15, -0.1) is 0 Å². The van der Waals surface area contributed by atoms with Crippen molar-refractivity contribution < 1.29 is 9.59 Å². The standard InChI is InChI=1S/C23H27N5O2/c24-16-20-8-4-5-9-21(20)26-22(29)10-11-27-12-14-28(15-13-27)18-23(30)25-17-19-6-2-1-3-7-19/h1-9H,10-15,17-18H2,(H,25,30)(H,26,29). The van der Waals surface area contributed by atoms with Gasteiger partial charge in [-0.2, -0.15) is 5.26 Å². The Kier molecular flexibility index (Phi) is 7.95. The lowest BCUT2D eigenvalue weighted by Crippen LogP contribution is -2.49. The SMILES string of the molecule is N#Cc1ccccc1NC(=O)CCN1CCN(CC(=O)NCc2ccccc2)CC1. The zero-order chi connectivity index (χ0) is 21.2. The quantitative estimate of drug-likeness (QED) is 0.699. The van der Waals surface area contributed by atoms with E-state index in [1.807, 2.05) is 30.3 Å². The lowest BCUT2D eigenvalue weighted by molar-refractivity contribution is -0.122. The van der Waals surface area contributed by atoms with Crippen LogP contribution in [-0.4, -0.2) is 60.9 Å². The summed E-state index contributed by atoms with van der Waals surface area (Å²) in [6.45, 7) is 4.86. The Morgan fingerprint density at radius 1 is 0.900 bits per heavy atom. The van der Waals surface area contributed by atoms with Crippen molar-refractivity contribution in [3.05, 3.63) is 65.7 Å². The maximum absolute atomic E-state index is 12.2. The summed E-state index contributed by atoms with van der Waals surface area (Å²) in [6.07, 6.45) is 0.372. The summed E-state index contributed by atoms with van der Waals surface area (Å²) in [5.74, 6) is -0.0664. The summed E-state index contributed by atoms with van der Waals surface area (Å²) in [4.78, 5) is 28.7. The van der Waals surface area contributed by atoms with Crippen molar-refractivity contribution in [3.63, 3.8) is 0 Å². The van der Waals surface area contributed by atoms with Crippen LogP contribution in [0.4, 0.5) is 5.69 Å². The second kappa shape index (κ2) is 11.1. The first-order chi connectivity index (χ1) is 14.6. The van der Waals surface area contributed by atoms with Crippen LogP contribution in [0.3, 0.4) is 0 Å². The summed E-state index contributed by atoms with van der Waals surface area (Å²) >= 11 is 0. The monoisotopic (exact) mass is 405 g/mol. The second-order valence-corrected chi connectivity index (χ2v) is 7.34. The van der Waals surface area contributed by atoms with Gasteiger partial charge in [0.1, 0.15) is 6.07 Å². The van der Waals surface area contributed by atoms with Gasteiger partial charge in [-0.3, -0.25) is 14.5 Å². The molecule has 2 amide bonds. The molecular weight excluding hydrogens is 378 g/mol. The highest BCUT2D eigenvalue weighted by molar-refractivity contribution is 5.92. The molecule has 0 bridgehead atoms. The predicted octanol–water partition coefficient (Wildman–Crippen LogP) is 1.82. The Bertz CT molecular complexity index is 886. The minimum atomic E-state index is -0.0968. The Balaban J connectivity index is 1.33. The van der Waals surface area contributed by atoms with Gasteiger partial charge in [-0.05, 0) is 17.7 Å². The lowest BCUT2D eigenvalue weighted by atomic mass is 10.2. The molecule has 1 heterocycles. The van der Waals surface area contributed by atoms with E-state index in [-0.39, 0.29) is 11.8 Å². The molecule has 3 rings (SSSR count). The van der Waals surface area contributed by atoms with E-state index in [0.717, 1.165) is 31.7 Å². The fraction of sp³-hybridized carbons (Fsp3) is 0.348. The molecule has 1 aliphatic rings. The van der Waals surface area contributed by atoms with Gasteiger partial charge < -0.3 is 15.5 Å². The van der Waals surface area contributed by atoms with Gasteiger partial charge in [0.2, 0.25) is 11.8 Å². The first-order valence-corrected chi connectivity index (χ1v) is 10.2. The normalized spacial score (nSPS) is 14.6. The molecule has 2 aromatic rings. The van der Waals surface area contributed by atoms with Crippen LogP contribution in [0, 0.1) is 11.3 Å². The largest absolute Gasteiger partial charge is 0.351 e. The number of hydrogen-bond acceptors (Lipinski definition) is 5. The third-order valence-corrected chi connectivity index (χ3v) is 5.14. The number of anilines is 1. The van der Waals surface area contributed by atoms with Gasteiger partial charge in [0.15, 0.2) is 0 Å². The van der Waals surface area contributed by atoms with E-state index < -0.39 is 0 Å². The van der Waals surface area contributed by atoms with E-state index in [0.29, 0.717) is 37.3 Å². The Morgan fingerprint density at radius 3 is 2.30 bits per heavy atom. The molecule has 1 saturated heterocycles. The number of carbonyl (C=O) groups is 2. The van der Waals surface area contributed by atoms with Gasteiger partial charge in [0.05, 0.1) is 17.8 Å². The van der Waals surface area contributed by atoms with Crippen molar-refractivity contribution in [3.8, 4) is 6.07 Å². The van der Waals surface area contributed by atoms with E-state index in [2.05, 4.69) is 26.5 Å². The second-order valence-electron chi connectivity index (χ2n) is 7.34. The van der Waals surface area contributed by atoms with Crippen LogP contribution >= 0.6 is 0 Å². The van der Waals surface area contributed by atoms with Crippen LogP contribution in [0.15, 0.2) is 54.6 Å². The summed E-state index contributed by atoms with van der Waals surface area (Å²) in [5.41, 5.74) is 2.10. The number of piperazine rings is 1. The molecular formula is C23H27N5O2. The topological polar surface area (TPSA) is 88.5 Å². The van der Waals surface area contributed by atoms with E-state index >= 15 is 0 Å². The number of para-hydroxylation sites is 1. The first kappa shape index (κ1) is 21.5. The number of amides is 2. The van der Waals surface area contributed by atoms with Crippen LogP contribution in [0.1, 0.15) is 17.5 Å². The molecule has 0 aromatic heterocycles. The average molecular weight is 406 g/mol. The van der Waals surface area contributed by atoms with Crippen molar-refractivity contribution >= 4 is 17.5 Å². The van der Waals surface area contributed by atoms with Crippen molar-refractivity contribution in [1.82, 2.24) is 15.1 Å². The molecule has 0 spiro atoms. The third-order valence-electron chi connectivity index (χ3n) is 5.14. The number of nitrogens with zero attached hydrogens (tertiary/aromatic N) is 3. The van der Waals surface area contributed by atoms with Crippen LogP contribution < -0.4 is 10.6 Å². The van der Waals surface area contributed by atoms with Crippen LogP contribution in [0.2, 0.25) is 0 Å². The molecule has 7 heteroatoms. The lowest BCUT2D eigenvalue weighted by Gasteiger charge is -2.34. The van der Waals surface area contributed by atoms with Gasteiger partial charge in [0, 0.05) is 45.7 Å². The molecule has 2 N–H and O–H groups in total. The van der Waals surface area contributed by atoms with Crippen molar-refractivity contribution in [1.29, 1.82) is 5.26 Å². The molecule has 7 nitrogen and oxygen atoms in total. The summed E-state index contributed by atoms with van der Waals surface area (Å²) in [5, 5.41) is 14.9. The third kappa shape index (κ3) is 6.69. The number of rotatable bonds is 8. The Morgan fingerprint density at radius 2 is 1.57 bits per heavy atom. The highest BCUT2D eigenvalue weighted by Crippen LogP contribution is 2.14. The molecule has 1 fully saturated rings. The summed E-state index contributed by atoms with van der Waals surface area (Å²) in [6, 6.07) is 18.9. The maximum atomic E-state index is 12.2. The molecule has 1 aliphatic heterocycles. The smallest absolute Gasteiger partial charge is 0.234 e.